The smallest absolute Gasteiger partial charge is 0.257 e. The molecular weight excluding hydrogens is 334 g/mol. The van der Waals surface area contributed by atoms with Crippen LogP contribution in [0.4, 0.5) is 8.78 Å². The van der Waals surface area contributed by atoms with E-state index in [9.17, 15) is 18.4 Å². The van der Waals surface area contributed by atoms with E-state index in [0.717, 1.165) is 25.0 Å². The lowest BCUT2D eigenvalue weighted by Gasteiger charge is -2.08. The van der Waals surface area contributed by atoms with Crippen molar-refractivity contribution in [1.82, 2.24) is 10.6 Å². The van der Waals surface area contributed by atoms with Crippen LogP contribution >= 0.6 is 11.3 Å². The third-order valence-corrected chi connectivity index (χ3v) is 4.27. The third kappa shape index (κ3) is 5.42. The van der Waals surface area contributed by atoms with Gasteiger partial charge >= 0.3 is 0 Å². The molecule has 0 spiro atoms. The fourth-order valence-electron chi connectivity index (χ4n) is 2.15. The highest BCUT2D eigenvalue weighted by atomic mass is 32.1. The molecular formula is C17H18F2N2O2S. The van der Waals surface area contributed by atoms with Crippen LogP contribution in [0, 0.1) is 11.6 Å². The second kappa shape index (κ2) is 9.12. The minimum atomic E-state index is -0.912. The van der Waals surface area contributed by atoms with E-state index in [-0.39, 0.29) is 19.0 Å². The van der Waals surface area contributed by atoms with E-state index >= 15 is 0 Å². The Morgan fingerprint density at radius 2 is 1.71 bits per heavy atom. The van der Waals surface area contributed by atoms with Crippen LogP contribution in [0.25, 0.3) is 0 Å². The van der Waals surface area contributed by atoms with Crippen LogP contribution in [-0.2, 0) is 11.2 Å². The topological polar surface area (TPSA) is 58.2 Å². The van der Waals surface area contributed by atoms with E-state index in [4.69, 9.17) is 0 Å². The van der Waals surface area contributed by atoms with Crippen molar-refractivity contribution in [2.24, 2.45) is 0 Å². The van der Waals surface area contributed by atoms with Gasteiger partial charge in [-0.3, -0.25) is 9.59 Å². The van der Waals surface area contributed by atoms with E-state index in [1.165, 1.54) is 10.9 Å². The highest BCUT2D eigenvalue weighted by Crippen LogP contribution is 2.12. The van der Waals surface area contributed by atoms with Gasteiger partial charge in [0.2, 0.25) is 5.91 Å². The number of carbonyl (C=O) groups is 2. The Bertz CT molecular complexity index is 670. The minimum Gasteiger partial charge on any atom is -0.354 e. The first-order valence-corrected chi connectivity index (χ1v) is 8.47. The van der Waals surface area contributed by atoms with Gasteiger partial charge in [-0.25, -0.2) is 8.78 Å². The summed E-state index contributed by atoms with van der Waals surface area (Å²) in [6.07, 6.45) is 2.00. The molecule has 0 aliphatic carbocycles. The number of carbonyl (C=O) groups excluding carboxylic acids is 2. The number of nitrogens with one attached hydrogen (secondary N) is 2. The predicted molar refractivity (Wildman–Crippen MR) is 89.0 cm³/mol. The average molecular weight is 352 g/mol. The van der Waals surface area contributed by atoms with E-state index in [1.54, 1.807) is 11.3 Å². The number of benzene rings is 1. The maximum absolute atomic E-state index is 13.4. The largest absolute Gasteiger partial charge is 0.354 e. The van der Waals surface area contributed by atoms with Crippen LogP contribution in [0.15, 0.2) is 35.7 Å². The number of hydrogen-bond donors (Lipinski definition) is 2. The van der Waals surface area contributed by atoms with E-state index in [0.29, 0.717) is 6.42 Å². The number of thiophene rings is 1. The molecule has 0 fully saturated rings. The normalized spacial score (nSPS) is 10.4. The van der Waals surface area contributed by atoms with Crippen LogP contribution in [0.5, 0.6) is 0 Å². The Hall–Kier alpha value is -2.28. The van der Waals surface area contributed by atoms with Crippen molar-refractivity contribution in [2.75, 3.05) is 13.1 Å². The van der Waals surface area contributed by atoms with Crippen molar-refractivity contribution in [3.8, 4) is 0 Å². The van der Waals surface area contributed by atoms with Crippen LogP contribution < -0.4 is 10.6 Å². The van der Waals surface area contributed by atoms with Gasteiger partial charge in [0.25, 0.3) is 5.91 Å². The molecule has 0 atom stereocenters. The van der Waals surface area contributed by atoms with Crippen molar-refractivity contribution in [3.05, 3.63) is 57.8 Å². The quantitative estimate of drug-likeness (QED) is 0.718. The molecule has 0 unspecified atom stereocenters. The highest BCUT2D eigenvalue weighted by Gasteiger charge is 2.16. The lowest BCUT2D eigenvalue weighted by Crippen LogP contribution is -2.35. The Kier molecular flexibility index (Phi) is 6.87. The van der Waals surface area contributed by atoms with Crippen molar-refractivity contribution >= 4 is 23.2 Å². The van der Waals surface area contributed by atoms with Crippen molar-refractivity contribution in [2.45, 2.75) is 19.3 Å². The molecule has 0 aliphatic rings. The maximum Gasteiger partial charge on any atom is 0.257 e. The molecule has 7 heteroatoms. The standard InChI is InChI=1S/C17H18F2N2O2S/c18-13-6-2-7-14(19)16(13)17(23)21-10-9-20-15(22)8-1-4-12-5-3-11-24-12/h2-3,5-7,11H,1,4,8-10H2,(H,20,22)(H,21,23). The zero-order valence-corrected chi connectivity index (χ0v) is 13.8. The molecule has 0 radical (unpaired) electrons. The Morgan fingerprint density at radius 3 is 2.38 bits per heavy atom. The van der Waals surface area contributed by atoms with Gasteiger partial charge in [-0.15, -0.1) is 11.3 Å². The number of amides is 2. The van der Waals surface area contributed by atoms with Crippen LogP contribution in [-0.4, -0.2) is 24.9 Å². The number of halogens is 2. The number of hydrogen-bond acceptors (Lipinski definition) is 3. The average Bonchev–Trinajstić information content (AvgIpc) is 3.05. The first-order valence-electron chi connectivity index (χ1n) is 7.59. The van der Waals surface area contributed by atoms with Gasteiger partial charge < -0.3 is 10.6 Å². The molecule has 2 amide bonds. The molecule has 0 bridgehead atoms. The molecule has 1 heterocycles. The summed E-state index contributed by atoms with van der Waals surface area (Å²) < 4.78 is 26.8. The summed E-state index contributed by atoms with van der Waals surface area (Å²) in [5, 5.41) is 7.04. The SMILES string of the molecule is O=C(CCCc1cccs1)NCCNC(=O)c1c(F)cccc1F. The lowest BCUT2D eigenvalue weighted by molar-refractivity contribution is -0.121. The summed E-state index contributed by atoms with van der Waals surface area (Å²) in [5.41, 5.74) is -0.611. The highest BCUT2D eigenvalue weighted by molar-refractivity contribution is 7.09. The Morgan fingerprint density at radius 1 is 1.00 bits per heavy atom. The van der Waals surface area contributed by atoms with Gasteiger partial charge in [0.1, 0.15) is 17.2 Å². The zero-order chi connectivity index (χ0) is 17.4. The van der Waals surface area contributed by atoms with E-state index in [2.05, 4.69) is 10.6 Å². The number of rotatable bonds is 8. The van der Waals surface area contributed by atoms with Gasteiger partial charge in [0.05, 0.1) is 0 Å². The summed E-state index contributed by atoms with van der Waals surface area (Å²) in [6.45, 7) is 0.308. The summed E-state index contributed by atoms with van der Waals surface area (Å²) in [6, 6.07) is 7.24. The van der Waals surface area contributed by atoms with E-state index in [1.807, 2.05) is 17.5 Å². The van der Waals surface area contributed by atoms with Crippen LogP contribution in [0.1, 0.15) is 28.1 Å². The summed E-state index contributed by atoms with van der Waals surface area (Å²) >= 11 is 1.66. The first kappa shape index (κ1) is 18.1. The molecule has 0 aliphatic heterocycles. The fourth-order valence-corrected chi connectivity index (χ4v) is 2.90. The zero-order valence-electron chi connectivity index (χ0n) is 13.0. The molecule has 4 nitrogen and oxygen atoms in total. The Balaban J connectivity index is 1.63. The van der Waals surface area contributed by atoms with Gasteiger partial charge in [0.15, 0.2) is 0 Å². The molecule has 2 N–H and O–H groups in total. The number of aryl methyl sites for hydroxylation is 1. The molecule has 128 valence electrons. The van der Waals surface area contributed by atoms with Crippen LogP contribution in [0.3, 0.4) is 0 Å². The lowest BCUT2D eigenvalue weighted by atomic mass is 10.2. The summed E-state index contributed by atoms with van der Waals surface area (Å²) in [7, 11) is 0. The van der Waals surface area contributed by atoms with Gasteiger partial charge in [-0.05, 0) is 36.4 Å². The minimum absolute atomic E-state index is 0.100. The molecule has 0 saturated carbocycles. The van der Waals surface area contributed by atoms with E-state index < -0.39 is 23.1 Å². The molecule has 2 aromatic rings. The van der Waals surface area contributed by atoms with Gasteiger partial charge in [-0.1, -0.05) is 12.1 Å². The molecule has 1 aromatic heterocycles. The molecule has 2 rings (SSSR count). The first-order chi connectivity index (χ1) is 11.6. The van der Waals surface area contributed by atoms with Crippen molar-refractivity contribution in [1.29, 1.82) is 0 Å². The van der Waals surface area contributed by atoms with Crippen molar-refractivity contribution < 1.29 is 18.4 Å². The second-order valence-electron chi connectivity index (χ2n) is 5.14. The molecule has 24 heavy (non-hydrogen) atoms. The van der Waals surface area contributed by atoms with Crippen LogP contribution in [0.2, 0.25) is 0 Å². The molecule has 1 aromatic carbocycles. The fraction of sp³-hybridized carbons (Fsp3) is 0.294. The predicted octanol–water partition coefficient (Wildman–Crippen LogP) is 2.90. The van der Waals surface area contributed by atoms with Crippen molar-refractivity contribution in [3.63, 3.8) is 0 Å². The van der Waals surface area contributed by atoms with Gasteiger partial charge in [-0.2, -0.15) is 0 Å². The van der Waals surface area contributed by atoms with Gasteiger partial charge in [0, 0.05) is 24.4 Å². The Labute approximate surface area is 142 Å². The third-order valence-electron chi connectivity index (χ3n) is 3.33. The maximum atomic E-state index is 13.4. The summed E-state index contributed by atoms with van der Waals surface area (Å²) in [5.74, 6) is -2.77. The molecule has 0 saturated heterocycles. The summed E-state index contributed by atoms with van der Waals surface area (Å²) in [4.78, 5) is 24.6. The second-order valence-corrected chi connectivity index (χ2v) is 6.17. The monoisotopic (exact) mass is 352 g/mol.